The summed E-state index contributed by atoms with van der Waals surface area (Å²) in [6.45, 7) is 2.23. The molecule has 2 aliphatic rings. The average Bonchev–Trinajstić information content (AvgIpc) is 3.28. The van der Waals surface area contributed by atoms with Crippen LogP contribution in [0.1, 0.15) is 38.3 Å². The van der Waals surface area contributed by atoms with Crippen LogP contribution < -0.4 is 15.5 Å². The number of pyridine rings is 1. The number of hydrogen-bond acceptors (Lipinski definition) is 4. The van der Waals surface area contributed by atoms with Crippen LogP contribution in [0.15, 0.2) is 36.4 Å². The minimum atomic E-state index is -0.329. The lowest BCUT2D eigenvalue weighted by molar-refractivity contribution is -0.117. The average molecular weight is 428 g/mol. The summed E-state index contributed by atoms with van der Waals surface area (Å²) < 4.78 is 0. The first-order valence-electron chi connectivity index (χ1n) is 10.3. The van der Waals surface area contributed by atoms with Gasteiger partial charge >= 0.3 is 6.03 Å². The number of nitrogens with zero attached hydrogens (tertiary/aromatic N) is 3. The third-order valence-corrected chi connectivity index (χ3v) is 6.13. The SMILES string of the molecule is CNC(C)C(=O)Nc1ccc2c(n1)CN(C1CCCC1)C(=O)N2c1ccc(Cl)cc1. The molecule has 1 atom stereocenters. The molecule has 3 amide bonds. The van der Waals surface area contributed by atoms with Gasteiger partial charge < -0.3 is 15.5 Å². The van der Waals surface area contributed by atoms with Crippen LogP contribution in [0.25, 0.3) is 0 Å². The van der Waals surface area contributed by atoms with Crippen molar-refractivity contribution in [2.45, 2.75) is 51.2 Å². The second-order valence-corrected chi connectivity index (χ2v) is 8.26. The summed E-state index contributed by atoms with van der Waals surface area (Å²) in [6, 6.07) is 10.7. The number of carbonyl (C=O) groups excluding carboxylic acids is 2. The second-order valence-electron chi connectivity index (χ2n) is 7.82. The van der Waals surface area contributed by atoms with Gasteiger partial charge in [0.1, 0.15) is 5.82 Å². The molecule has 1 saturated carbocycles. The van der Waals surface area contributed by atoms with Gasteiger partial charge in [-0.15, -0.1) is 0 Å². The first-order valence-corrected chi connectivity index (χ1v) is 10.7. The van der Waals surface area contributed by atoms with Crippen molar-refractivity contribution in [2.24, 2.45) is 0 Å². The molecule has 158 valence electrons. The number of hydrogen-bond donors (Lipinski definition) is 2. The summed E-state index contributed by atoms with van der Waals surface area (Å²) >= 11 is 6.05. The Kier molecular flexibility index (Phi) is 5.92. The molecule has 1 aliphatic heterocycles. The molecule has 1 fully saturated rings. The van der Waals surface area contributed by atoms with E-state index < -0.39 is 0 Å². The molecule has 1 aliphatic carbocycles. The molecule has 0 bridgehead atoms. The summed E-state index contributed by atoms with van der Waals surface area (Å²) in [7, 11) is 1.74. The van der Waals surface area contributed by atoms with Gasteiger partial charge in [-0.25, -0.2) is 9.78 Å². The Labute approximate surface area is 181 Å². The number of nitrogens with one attached hydrogen (secondary N) is 2. The van der Waals surface area contributed by atoms with Crippen molar-refractivity contribution in [2.75, 3.05) is 17.3 Å². The standard InChI is InChI=1S/C22H26ClN5O2/c1-14(24-2)21(29)26-20-12-11-19-18(25-20)13-27(16-5-3-4-6-16)22(30)28(19)17-9-7-15(23)8-10-17/h7-12,14,16,24H,3-6,13H2,1-2H3,(H,25,26,29). The topological polar surface area (TPSA) is 77.6 Å². The Balaban J connectivity index is 1.71. The van der Waals surface area contributed by atoms with Crippen molar-refractivity contribution < 1.29 is 9.59 Å². The molecule has 2 aromatic rings. The Morgan fingerprint density at radius 1 is 1.17 bits per heavy atom. The van der Waals surface area contributed by atoms with E-state index >= 15 is 0 Å². The molecule has 4 rings (SSSR count). The fourth-order valence-corrected chi connectivity index (χ4v) is 4.18. The van der Waals surface area contributed by atoms with Crippen LogP contribution in [0.4, 0.5) is 22.0 Å². The number of halogens is 1. The molecular weight excluding hydrogens is 402 g/mol. The summed E-state index contributed by atoms with van der Waals surface area (Å²) in [5.74, 6) is 0.330. The van der Waals surface area contributed by atoms with Gasteiger partial charge in [0.25, 0.3) is 0 Å². The largest absolute Gasteiger partial charge is 0.329 e. The van der Waals surface area contributed by atoms with Gasteiger partial charge in [-0.05, 0) is 63.2 Å². The van der Waals surface area contributed by atoms with Crippen LogP contribution in [0.2, 0.25) is 5.02 Å². The minimum absolute atomic E-state index is 0.0425. The van der Waals surface area contributed by atoms with Gasteiger partial charge in [-0.1, -0.05) is 24.4 Å². The quantitative estimate of drug-likeness (QED) is 0.745. The van der Waals surface area contributed by atoms with E-state index in [2.05, 4.69) is 10.6 Å². The van der Waals surface area contributed by atoms with Gasteiger partial charge in [0, 0.05) is 11.1 Å². The number of amides is 3. The van der Waals surface area contributed by atoms with E-state index in [1.165, 1.54) is 0 Å². The zero-order chi connectivity index (χ0) is 21.3. The lowest BCUT2D eigenvalue weighted by Crippen LogP contribution is -2.49. The Morgan fingerprint density at radius 3 is 2.53 bits per heavy atom. The fraction of sp³-hybridized carbons (Fsp3) is 0.409. The maximum atomic E-state index is 13.5. The first-order chi connectivity index (χ1) is 14.5. The van der Waals surface area contributed by atoms with Crippen molar-refractivity contribution in [3.8, 4) is 0 Å². The number of carbonyl (C=O) groups is 2. The number of anilines is 3. The third kappa shape index (κ3) is 4.00. The molecule has 8 heteroatoms. The molecule has 30 heavy (non-hydrogen) atoms. The first kappa shape index (κ1) is 20.6. The monoisotopic (exact) mass is 427 g/mol. The number of urea groups is 1. The smallest absolute Gasteiger partial charge is 0.315 e. The van der Waals surface area contributed by atoms with Gasteiger partial charge in [-0.3, -0.25) is 9.69 Å². The Bertz CT molecular complexity index is 943. The van der Waals surface area contributed by atoms with Gasteiger partial charge in [0.15, 0.2) is 0 Å². The van der Waals surface area contributed by atoms with Crippen molar-refractivity contribution >= 4 is 40.7 Å². The summed E-state index contributed by atoms with van der Waals surface area (Å²) in [5.41, 5.74) is 2.25. The zero-order valence-corrected chi connectivity index (χ0v) is 17.9. The van der Waals surface area contributed by atoms with Crippen LogP contribution in [0, 0.1) is 0 Å². The predicted molar refractivity (Wildman–Crippen MR) is 118 cm³/mol. The number of rotatable bonds is 5. The molecule has 0 spiro atoms. The van der Waals surface area contributed by atoms with Gasteiger partial charge in [0.05, 0.1) is 29.7 Å². The van der Waals surface area contributed by atoms with E-state index in [0.29, 0.717) is 17.4 Å². The second kappa shape index (κ2) is 8.62. The highest BCUT2D eigenvalue weighted by Crippen LogP contribution is 2.38. The van der Waals surface area contributed by atoms with E-state index in [-0.39, 0.29) is 24.0 Å². The summed E-state index contributed by atoms with van der Waals surface area (Å²) in [5, 5.41) is 6.38. The highest BCUT2D eigenvalue weighted by atomic mass is 35.5. The molecule has 1 aromatic heterocycles. The van der Waals surface area contributed by atoms with E-state index in [1.807, 2.05) is 23.1 Å². The lowest BCUT2D eigenvalue weighted by Gasteiger charge is -2.39. The van der Waals surface area contributed by atoms with Crippen LogP contribution in [0.3, 0.4) is 0 Å². The van der Waals surface area contributed by atoms with Crippen molar-refractivity contribution in [1.29, 1.82) is 0 Å². The summed E-state index contributed by atoms with van der Waals surface area (Å²) in [6.07, 6.45) is 4.28. The highest BCUT2D eigenvalue weighted by Gasteiger charge is 2.37. The van der Waals surface area contributed by atoms with E-state index in [1.54, 1.807) is 37.1 Å². The molecule has 2 heterocycles. The molecule has 0 saturated heterocycles. The number of likely N-dealkylation sites (N-methyl/N-ethyl adjacent to an activating group) is 1. The molecule has 2 N–H and O–H groups in total. The Hall–Kier alpha value is -2.64. The number of benzene rings is 1. The normalized spacial score (nSPS) is 17.8. The van der Waals surface area contributed by atoms with E-state index in [9.17, 15) is 9.59 Å². The van der Waals surface area contributed by atoms with Gasteiger partial charge in [-0.2, -0.15) is 0 Å². The number of aromatic nitrogens is 1. The van der Waals surface area contributed by atoms with Crippen LogP contribution in [-0.2, 0) is 11.3 Å². The Morgan fingerprint density at radius 2 is 1.87 bits per heavy atom. The van der Waals surface area contributed by atoms with Crippen LogP contribution in [-0.4, -0.2) is 41.0 Å². The van der Waals surface area contributed by atoms with Crippen molar-refractivity contribution in [1.82, 2.24) is 15.2 Å². The van der Waals surface area contributed by atoms with E-state index in [4.69, 9.17) is 16.6 Å². The minimum Gasteiger partial charge on any atom is -0.315 e. The lowest BCUT2D eigenvalue weighted by atomic mass is 10.1. The maximum Gasteiger partial charge on any atom is 0.329 e. The zero-order valence-electron chi connectivity index (χ0n) is 17.2. The van der Waals surface area contributed by atoms with Crippen molar-refractivity contribution in [3.63, 3.8) is 0 Å². The molecular formula is C22H26ClN5O2. The fourth-order valence-electron chi connectivity index (χ4n) is 4.05. The van der Waals surface area contributed by atoms with Crippen LogP contribution in [0.5, 0.6) is 0 Å². The number of fused-ring (bicyclic) bond motifs is 1. The van der Waals surface area contributed by atoms with E-state index in [0.717, 1.165) is 42.8 Å². The van der Waals surface area contributed by atoms with Crippen LogP contribution >= 0.6 is 11.6 Å². The summed E-state index contributed by atoms with van der Waals surface area (Å²) in [4.78, 5) is 34.0. The molecule has 1 aromatic carbocycles. The third-order valence-electron chi connectivity index (χ3n) is 5.88. The predicted octanol–water partition coefficient (Wildman–Crippen LogP) is 4.30. The highest BCUT2D eigenvalue weighted by molar-refractivity contribution is 6.30. The molecule has 1 unspecified atom stereocenters. The van der Waals surface area contributed by atoms with Crippen molar-refractivity contribution in [3.05, 3.63) is 47.1 Å². The van der Waals surface area contributed by atoms with Gasteiger partial charge in [0.2, 0.25) is 5.91 Å². The maximum absolute atomic E-state index is 13.5. The molecule has 7 nitrogen and oxygen atoms in total. The molecule has 0 radical (unpaired) electrons.